The molecule has 1 aromatic carbocycles. The Kier molecular flexibility index (Phi) is 2.47. The number of aryl methyl sites for hydroxylation is 1. The summed E-state index contributed by atoms with van der Waals surface area (Å²) in [5.41, 5.74) is -0.389. The third-order valence-electron chi connectivity index (χ3n) is 2.33. The van der Waals surface area contributed by atoms with Gasteiger partial charge in [0.15, 0.2) is 11.5 Å². The molecule has 0 atom stereocenters. The number of fused-ring (bicyclic) bond motifs is 1. The van der Waals surface area contributed by atoms with Gasteiger partial charge in [-0.15, -0.1) is 0 Å². The molecule has 0 amide bonds. The number of nitrogens with zero attached hydrogens (tertiary/aromatic N) is 2. The Labute approximate surface area is 95.5 Å². The van der Waals surface area contributed by atoms with Crippen molar-refractivity contribution in [2.45, 2.75) is 13.5 Å². The van der Waals surface area contributed by atoms with E-state index in [-0.39, 0.29) is 21.7 Å². The van der Waals surface area contributed by atoms with E-state index in [1.165, 1.54) is 16.9 Å². The summed E-state index contributed by atoms with van der Waals surface area (Å²) in [6.07, 6.45) is 1.42. The Bertz CT molecular complexity index is 621. The van der Waals surface area contributed by atoms with Gasteiger partial charge in [0.25, 0.3) is 5.56 Å². The van der Waals surface area contributed by atoms with Crippen LogP contribution in [0.15, 0.2) is 17.1 Å². The number of phenolic OH excluding ortho intramolecular Hbond substituents is 2. The van der Waals surface area contributed by atoms with Crippen molar-refractivity contribution in [1.82, 2.24) is 9.78 Å². The Morgan fingerprint density at radius 1 is 1.50 bits per heavy atom. The maximum Gasteiger partial charge on any atom is 0.276 e. The van der Waals surface area contributed by atoms with Crippen molar-refractivity contribution in [2.24, 2.45) is 0 Å². The summed E-state index contributed by atoms with van der Waals surface area (Å²) >= 11 is 5.81. The molecule has 2 rings (SSSR count). The highest BCUT2D eigenvalue weighted by Gasteiger charge is 2.14. The Hall–Kier alpha value is -1.75. The molecule has 84 valence electrons. The standard InChI is InChI=1S/C10H9ClN2O3/c1-2-13-10(16)7-5(4-12-13)3-6(14)9(15)8(7)11/h3-4,14-15H,2H2,1H3. The molecule has 0 bridgehead atoms. The van der Waals surface area contributed by atoms with E-state index in [0.717, 1.165) is 0 Å². The lowest BCUT2D eigenvalue weighted by molar-refractivity contribution is 0.405. The van der Waals surface area contributed by atoms with Crippen LogP contribution < -0.4 is 5.56 Å². The van der Waals surface area contributed by atoms with Gasteiger partial charge < -0.3 is 10.2 Å². The quantitative estimate of drug-likeness (QED) is 0.741. The average molecular weight is 241 g/mol. The number of hydrogen-bond donors (Lipinski definition) is 2. The van der Waals surface area contributed by atoms with Crippen molar-refractivity contribution in [3.8, 4) is 11.5 Å². The first kappa shape index (κ1) is 10.8. The lowest BCUT2D eigenvalue weighted by Gasteiger charge is -2.06. The highest BCUT2D eigenvalue weighted by atomic mass is 35.5. The van der Waals surface area contributed by atoms with Crippen LogP contribution in [0.25, 0.3) is 10.8 Å². The van der Waals surface area contributed by atoms with E-state index in [0.29, 0.717) is 11.9 Å². The highest BCUT2D eigenvalue weighted by molar-refractivity contribution is 6.37. The number of rotatable bonds is 1. The number of phenols is 2. The van der Waals surface area contributed by atoms with E-state index in [2.05, 4.69) is 5.10 Å². The molecule has 2 aromatic rings. The van der Waals surface area contributed by atoms with Crippen LogP contribution in [0.3, 0.4) is 0 Å². The van der Waals surface area contributed by atoms with Crippen molar-refractivity contribution < 1.29 is 10.2 Å². The minimum atomic E-state index is -0.486. The van der Waals surface area contributed by atoms with Gasteiger partial charge in [-0.05, 0) is 13.0 Å². The second-order valence-corrected chi connectivity index (χ2v) is 3.67. The molecular weight excluding hydrogens is 232 g/mol. The lowest BCUT2D eigenvalue weighted by atomic mass is 10.2. The molecule has 0 unspecified atom stereocenters. The number of benzene rings is 1. The second kappa shape index (κ2) is 3.68. The molecule has 0 saturated heterocycles. The normalized spacial score (nSPS) is 10.9. The van der Waals surface area contributed by atoms with E-state index >= 15 is 0 Å². The molecule has 1 aromatic heterocycles. The Morgan fingerprint density at radius 2 is 2.19 bits per heavy atom. The summed E-state index contributed by atoms with van der Waals surface area (Å²) in [5, 5.41) is 23.1. The smallest absolute Gasteiger partial charge is 0.276 e. The predicted molar refractivity (Wildman–Crippen MR) is 60.0 cm³/mol. The van der Waals surface area contributed by atoms with Crippen LogP contribution in [0.4, 0.5) is 0 Å². The number of hydrogen-bond acceptors (Lipinski definition) is 4. The number of aromatic hydroxyl groups is 2. The van der Waals surface area contributed by atoms with Crippen LogP contribution in [-0.2, 0) is 6.54 Å². The lowest BCUT2D eigenvalue weighted by Crippen LogP contribution is -2.21. The van der Waals surface area contributed by atoms with Crippen LogP contribution >= 0.6 is 11.6 Å². The first-order valence-electron chi connectivity index (χ1n) is 4.66. The molecule has 0 fully saturated rings. The van der Waals surface area contributed by atoms with Crippen molar-refractivity contribution >= 4 is 22.4 Å². The van der Waals surface area contributed by atoms with Gasteiger partial charge in [-0.1, -0.05) is 11.6 Å². The summed E-state index contributed by atoms with van der Waals surface area (Å²) in [5.74, 6) is -0.854. The SMILES string of the molecule is CCn1ncc2cc(O)c(O)c(Cl)c2c1=O. The zero-order valence-electron chi connectivity index (χ0n) is 8.44. The van der Waals surface area contributed by atoms with Gasteiger partial charge in [-0.3, -0.25) is 4.79 Å². The number of aromatic nitrogens is 2. The van der Waals surface area contributed by atoms with E-state index in [1.807, 2.05) is 0 Å². The van der Waals surface area contributed by atoms with Gasteiger partial charge in [-0.2, -0.15) is 5.10 Å². The largest absolute Gasteiger partial charge is 0.504 e. The summed E-state index contributed by atoms with van der Waals surface area (Å²) in [6, 6.07) is 1.25. The molecule has 16 heavy (non-hydrogen) atoms. The van der Waals surface area contributed by atoms with E-state index in [9.17, 15) is 15.0 Å². The van der Waals surface area contributed by atoms with Gasteiger partial charge in [0, 0.05) is 11.9 Å². The van der Waals surface area contributed by atoms with Crippen LogP contribution in [0.2, 0.25) is 5.02 Å². The monoisotopic (exact) mass is 240 g/mol. The van der Waals surface area contributed by atoms with Gasteiger partial charge in [0.1, 0.15) is 0 Å². The molecule has 6 heteroatoms. The number of halogens is 1. The molecule has 5 nitrogen and oxygen atoms in total. The third-order valence-corrected chi connectivity index (χ3v) is 2.70. The second-order valence-electron chi connectivity index (χ2n) is 3.29. The molecule has 1 heterocycles. The Balaban J connectivity index is 2.99. The fraction of sp³-hybridized carbons (Fsp3) is 0.200. The minimum Gasteiger partial charge on any atom is -0.504 e. The first-order chi connectivity index (χ1) is 7.56. The van der Waals surface area contributed by atoms with Crippen molar-refractivity contribution in [3.05, 3.63) is 27.6 Å². The molecule has 0 aliphatic heterocycles. The zero-order chi connectivity index (χ0) is 11.9. The summed E-state index contributed by atoms with van der Waals surface area (Å²) in [7, 11) is 0. The van der Waals surface area contributed by atoms with E-state index in [1.54, 1.807) is 6.92 Å². The highest BCUT2D eigenvalue weighted by Crippen LogP contribution is 2.37. The molecule has 0 saturated carbocycles. The van der Waals surface area contributed by atoms with Crippen molar-refractivity contribution in [1.29, 1.82) is 0 Å². The predicted octanol–water partition coefficient (Wildman–Crippen LogP) is 1.48. The summed E-state index contributed by atoms with van der Waals surface area (Å²) in [4.78, 5) is 11.9. The summed E-state index contributed by atoms with van der Waals surface area (Å²) < 4.78 is 1.23. The van der Waals surface area contributed by atoms with Crippen molar-refractivity contribution in [2.75, 3.05) is 0 Å². The minimum absolute atomic E-state index is 0.149. The molecular formula is C10H9ClN2O3. The van der Waals surface area contributed by atoms with Crippen LogP contribution in [0.5, 0.6) is 11.5 Å². The van der Waals surface area contributed by atoms with E-state index in [4.69, 9.17) is 11.6 Å². The third kappa shape index (κ3) is 1.40. The van der Waals surface area contributed by atoms with E-state index < -0.39 is 5.75 Å². The molecule has 0 radical (unpaired) electrons. The van der Waals surface area contributed by atoms with Crippen LogP contribution in [-0.4, -0.2) is 20.0 Å². The van der Waals surface area contributed by atoms with Gasteiger partial charge in [-0.25, -0.2) is 4.68 Å². The van der Waals surface area contributed by atoms with Gasteiger partial charge >= 0.3 is 0 Å². The van der Waals surface area contributed by atoms with Crippen molar-refractivity contribution in [3.63, 3.8) is 0 Å². The van der Waals surface area contributed by atoms with Gasteiger partial charge in [0.2, 0.25) is 0 Å². The van der Waals surface area contributed by atoms with Crippen LogP contribution in [0.1, 0.15) is 6.92 Å². The maximum absolute atomic E-state index is 11.9. The van der Waals surface area contributed by atoms with Crippen LogP contribution in [0, 0.1) is 0 Å². The molecule has 0 aliphatic carbocycles. The Morgan fingerprint density at radius 3 is 2.81 bits per heavy atom. The average Bonchev–Trinajstić information content (AvgIpc) is 2.26. The zero-order valence-corrected chi connectivity index (χ0v) is 9.19. The maximum atomic E-state index is 11.9. The van der Waals surface area contributed by atoms with Gasteiger partial charge in [0.05, 0.1) is 16.6 Å². The first-order valence-corrected chi connectivity index (χ1v) is 5.04. The summed E-state index contributed by atoms with van der Waals surface area (Å²) in [6.45, 7) is 2.18. The molecule has 2 N–H and O–H groups in total. The topological polar surface area (TPSA) is 75.3 Å². The molecule has 0 spiro atoms. The molecule has 0 aliphatic rings. The fourth-order valence-corrected chi connectivity index (χ4v) is 1.79. The fourth-order valence-electron chi connectivity index (χ4n) is 1.50.